The molecule has 0 spiro atoms. The number of halogens is 2. The van der Waals surface area contributed by atoms with Gasteiger partial charge in [-0.15, -0.1) is 11.6 Å². The van der Waals surface area contributed by atoms with Gasteiger partial charge in [0.1, 0.15) is 0 Å². The summed E-state index contributed by atoms with van der Waals surface area (Å²) in [5.74, 6) is 0.337. The first-order valence-corrected chi connectivity index (χ1v) is 7.33. The van der Waals surface area contributed by atoms with Crippen molar-refractivity contribution in [1.82, 2.24) is 0 Å². The maximum absolute atomic E-state index is 6.55. The lowest BCUT2D eigenvalue weighted by Gasteiger charge is -2.19. The van der Waals surface area contributed by atoms with Gasteiger partial charge >= 0.3 is 0 Å². The van der Waals surface area contributed by atoms with Gasteiger partial charge in [0.05, 0.1) is 5.38 Å². The molecule has 2 unspecified atom stereocenters. The van der Waals surface area contributed by atoms with Gasteiger partial charge in [0, 0.05) is 5.02 Å². The van der Waals surface area contributed by atoms with Crippen LogP contribution >= 0.6 is 23.2 Å². The number of hydrogen-bond acceptors (Lipinski definition) is 0. The summed E-state index contributed by atoms with van der Waals surface area (Å²) in [5, 5.41) is 0.849. The minimum absolute atomic E-state index is 0.0126. The third kappa shape index (κ3) is 3.75. The average Bonchev–Trinajstić information content (AvgIpc) is 2.42. The van der Waals surface area contributed by atoms with Crippen LogP contribution in [0.25, 0.3) is 0 Å². The van der Waals surface area contributed by atoms with Gasteiger partial charge in [0.25, 0.3) is 0 Å². The highest BCUT2D eigenvalue weighted by Crippen LogP contribution is 2.32. The summed E-state index contributed by atoms with van der Waals surface area (Å²) in [5.41, 5.74) is 3.52. The molecule has 0 nitrogen and oxygen atoms in total. The summed E-state index contributed by atoms with van der Waals surface area (Å²) < 4.78 is 0. The SMILES string of the molecule is Cc1ccc(CC(C)C(Cl)c2ccccc2)c(Cl)c1. The molecule has 100 valence electrons. The molecule has 0 N–H and O–H groups in total. The highest BCUT2D eigenvalue weighted by Gasteiger charge is 2.17. The molecule has 0 aliphatic heterocycles. The highest BCUT2D eigenvalue weighted by atomic mass is 35.5. The van der Waals surface area contributed by atoms with Crippen molar-refractivity contribution in [2.24, 2.45) is 5.92 Å². The van der Waals surface area contributed by atoms with E-state index in [0.29, 0.717) is 5.92 Å². The van der Waals surface area contributed by atoms with Gasteiger partial charge in [0.15, 0.2) is 0 Å². The third-order valence-corrected chi connectivity index (χ3v) is 4.40. The van der Waals surface area contributed by atoms with Crippen molar-refractivity contribution >= 4 is 23.2 Å². The third-order valence-electron chi connectivity index (χ3n) is 3.37. The van der Waals surface area contributed by atoms with Crippen molar-refractivity contribution in [2.75, 3.05) is 0 Å². The van der Waals surface area contributed by atoms with E-state index in [4.69, 9.17) is 23.2 Å². The summed E-state index contributed by atoms with van der Waals surface area (Å²) in [6, 6.07) is 16.4. The van der Waals surface area contributed by atoms with Crippen molar-refractivity contribution in [1.29, 1.82) is 0 Å². The Labute approximate surface area is 125 Å². The molecule has 2 atom stereocenters. The fourth-order valence-electron chi connectivity index (χ4n) is 2.23. The molecule has 2 heteroatoms. The van der Waals surface area contributed by atoms with Crippen LogP contribution in [0.5, 0.6) is 0 Å². The molecule has 0 bridgehead atoms. The molecule has 0 amide bonds. The van der Waals surface area contributed by atoms with E-state index in [1.165, 1.54) is 16.7 Å². The van der Waals surface area contributed by atoms with E-state index >= 15 is 0 Å². The summed E-state index contributed by atoms with van der Waals surface area (Å²) in [7, 11) is 0. The minimum Gasteiger partial charge on any atom is -0.118 e. The molecule has 0 radical (unpaired) electrons. The lowest BCUT2D eigenvalue weighted by molar-refractivity contribution is 0.558. The number of rotatable bonds is 4. The van der Waals surface area contributed by atoms with Gasteiger partial charge in [0.2, 0.25) is 0 Å². The zero-order valence-electron chi connectivity index (χ0n) is 11.2. The van der Waals surface area contributed by atoms with E-state index in [-0.39, 0.29) is 5.38 Å². The Morgan fingerprint density at radius 2 is 1.74 bits per heavy atom. The molecule has 2 aromatic carbocycles. The minimum atomic E-state index is 0.0126. The van der Waals surface area contributed by atoms with Gasteiger partial charge < -0.3 is 0 Å². The molecule has 0 heterocycles. The van der Waals surface area contributed by atoms with Crippen molar-refractivity contribution in [3.8, 4) is 0 Å². The summed E-state index contributed by atoms with van der Waals surface area (Å²) in [6.07, 6.45) is 0.891. The first-order chi connectivity index (χ1) is 9.08. The number of alkyl halides is 1. The first-order valence-electron chi connectivity index (χ1n) is 6.52. The quantitative estimate of drug-likeness (QED) is 0.624. The maximum Gasteiger partial charge on any atom is 0.0613 e. The van der Waals surface area contributed by atoms with Gasteiger partial charge in [-0.25, -0.2) is 0 Å². The van der Waals surface area contributed by atoms with E-state index in [1.807, 2.05) is 31.2 Å². The van der Waals surface area contributed by atoms with Crippen LogP contribution in [0.15, 0.2) is 48.5 Å². The molecule has 19 heavy (non-hydrogen) atoms. The largest absolute Gasteiger partial charge is 0.118 e. The Morgan fingerprint density at radius 1 is 1.05 bits per heavy atom. The van der Waals surface area contributed by atoms with Crippen molar-refractivity contribution < 1.29 is 0 Å². The van der Waals surface area contributed by atoms with Crippen LogP contribution in [-0.4, -0.2) is 0 Å². The highest BCUT2D eigenvalue weighted by molar-refractivity contribution is 6.31. The lowest BCUT2D eigenvalue weighted by Crippen LogP contribution is -2.08. The smallest absolute Gasteiger partial charge is 0.0613 e. The monoisotopic (exact) mass is 292 g/mol. The molecule has 0 aromatic heterocycles. The van der Waals surface area contributed by atoms with Gasteiger partial charge in [-0.2, -0.15) is 0 Å². The Kier molecular flexibility index (Phi) is 4.90. The second kappa shape index (κ2) is 6.45. The second-order valence-corrected chi connectivity index (χ2v) is 5.97. The molecule has 0 saturated heterocycles. The molecule has 0 aliphatic carbocycles. The summed E-state index contributed by atoms with van der Waals surface area (Å²) in [6.45, 7) is 4.22. The average molecular weight is 293 g/mol. The van der Waals surface area contributed by atoms with E-state index in [1.54, 1.807) is 0 Å². The van der Waals surface area contributed by atoms with Crippen molar-refractivity contribution in [2.45, 2.75) is 25.6 Å². The van der Waals surface area contributed by atoms with Crippen molar-refractivity contribution in [3.63, 3.8) is 0 Å². The van der Waals surface area contributed by atoms with Crippen LogP contribution in [0.3, 0.4) is 0 Å². The zero-order chi connectivity index (χ0) is 13.8. The van der Waals surface area contributed by atoms with E-state index < -0.39 is 0 Å². The number of aryl methyl sites for hydroxylation is 1. The Bertz CT molecular complexity index is 534. The molecule has 2 aromatic rings. The molecule has 0 aliphatic rings. The van der Waals surface area contributed by atoms with E-state index in [0.717, 1.165) is 11.4 Å². The lowest BCUT2D eigenvalue weighted by atomic mass is 9.93. The van der Waals surface area contributed by atoms with Crippen LogP contribution in [0.2, 0.25) is 5.02 Å². The second-order valence-electron chi connectivity index (χ2n) is 5.09. The van der Waals surface area contributed by atoms with Crippen LogP contribution < -0.4 is 0 Å². The standard InChI is InChI=1S/C17H18Cl2/c1-12-8-9-15(16(18)10-12)11-13(2)17(19)14-6-4-3-5-7-14/h3-10,13,17H,11H2,1-2H3. The van der Waals surface area contributed by atoms with Crippen LogP contribution in [0.4, 0.5) is 0 Å². The van der Waals surface area contributed by atoms with E-state index in [2.05, 4.69) is 31.2 Å². The molecular formula is C17H18Cl2. The van der Waals surface area contributed by atoms with E-state index in [9.17, 15) is 0 Å². The van der Waals surface area contributed by atoms with Crippen molar-refractivity contribution in [3.05, 3.63) is 70.2 Å². The molecular weight excluding hydrogens is 275 g/mol. The Balaban J connectivity index is 2.10. The molecule has 0 saturated carbocycles. The van der Waals surface area contributed by atoms with Gasteiger partial charge in [-0.05, 0) is 42.0 Å². The molecule has 2 rings (SSSR count). The topological polar surface area (TPSA) is 0 Å². The first kappa shape index (κ1) is 14.4. The van der Waals surface area contributed by atoms with Gasteiger partial charge in [-0.1, -0.05) is 61.0 Å². The summed E-state index contributed by atoms with van der Waals surface area (Å²) >= 11 is 12.8. The molecule has 0 fully saturated rings. The van der Waals surface area contributed by atoms with Crippen LogP contribution in [0, 0.1) is 12.8 Å². The predicted molar refractivity (Wildman–Crippen MR) is 84.1 cm³/mol. The predicted octanol–water partition coefficient (Wildman–Crippen LogP) is 5.81. The number of hydrogen-bond donors (Lipinski definition) is 0. The van der Waals surface area contributed by atoms with Gasteiger partial charge in [-0.3, -0.25) is 0 Å². The van der Waals surface area contributed by atoms with Crippen LogP contribution in [-0.2, 0) is 6.42 Å². The Hall–Kier alpha value is -0.980. The normalized spacial score (nSPS) is 14.1. The zero-order valence-corrected chi connectivity index (χ0v) is 12.7. The Morgan fingerprint density at radius 3 is 2.37 bits per heavy atom. The fourth-order valence-corrected chi connectivity index (χ4v) is 2.78. The number of benzene rings is 2. The fraction of sp³-hybridized carbons (Fsp3) is 0.294. The van der Waals surface area contributed by atoms with Crippen LogP contribution in [0.1, 0.15) is 29.0 Å². The summed E-state index contributed by atoms with van der Waals surface area (Å²) in [4.78, 5) is 0. The maximum atomic E-state index is 6.55.